The summed E-state index contributed by atoms with van der Waals surface area (Å²) in [6.07, 6.45) is 0.462. The lowest BCUT2D eigenvalue weighted by molar-refractivity contribution is -0.117. The minimum absolute atomic E-state index is 0.0639. The van der Waals surface area contributed by atoms with Crippen LogP contribution in [0.15, 0.2) is 41.3 Å². The molecule has 7 nitrogen and oxygen atoms in total. The smallest absolute Gasteiger partial charge is 0.227 e. The lowest BCUT2D eigenvalue weighted by Gasteiger charge is -2.14. The maximum Gasteiger partial charge on any atom is 0.227 e. The first-order valence-electron chi connectivity index (χ1n) is 9.54. The Hall–Kier alpha value is -2.78. The van der Waals surface area contributed by atoms with Gasteiger partial charge in [-0.05, 0) is 54.8 Å². The van der Waals surface area contributed by atoms with E-state index in [1.54, 1.807) is 17.0 Å². The zero-order valence-electron chi connectivity index (χ0n) is 16.6. The summed E-state index contributed by atoms with van der Waals surface area (Å²) in [7, 11) is -3.62. The Morgan fingerprint density at radius 2 is 2.00 bits per heavy atom. The molecule has 1 aliphatic heterocycles. The van der Waals surface area contributed by atoms with Crippen LogP contribution < -0.4 is 10.2 Å². The highest BCUT2D eigenvalue weighted by Gasteiger charge is 2.25. The van der Waals surface area contributed by atoms with Gasteiger partial charge in [-0.2, -0.15) is 0 Å². The molecule has 0 bridgehead atoms. The molecule has 2 aromatic carbocycles. The van der Waals surface area contributed by atoms with Crippen molar-refractivity contribution >= 4 is 54.0 Å². The Morgan fingerprint density at radius 1 is 1.20 bits per heavy atom. The molecule has 4 rings (SSSR count). The minimum atomic E-state index is -3.62. The fourth-order valence-electron chi connectivity index (χ4n) is 3.51. The van der Waals surface area contributed by atoms with Crippen molar-refractivity contribution in [2.45, 2.75) is 31.6 Å². The first-order valence-corrected chi connectivity index (χ1v) is 12.0. The second-order valence-electron chi connectivity index (χ2n) is 7.32. The number of carbonyl (C=O) groups excluding carboxylic acids is 2. The Morgan fingerprint density at radius 3 is 2.77 bits per heavy atom. The number of amides is 2. The molecule has 1 aromatic heterocycles. The van der Waals surface area contributed by atoms with Gasteiger partial charge in [-0.1, -0.05) is 17.4 Å². The first kappa shape index (κ1) is 20.5. The molecule has 2 heterocycles. The van der Waals surface area contributed by atoms with E-state index in [4.69, 9.17) is 0 Å². The molecule has 0 saturated heterocycles. The predicted octanol–water partition coefficient (Wildman–Crippen LogP) is 3.32. The van der Waals surface area contributed by atoms with Crippen molar-refractivity contribution < 1.29 is 18.0 Å². The van der Waals surface area contributed by atoms with E-state index in [2.05, 4.69) is 10.3 Å². The number of anilines is 2. The maximum atomic E-state index is 12.7. The van der Waals surface area contributed by atoms with E-state index >= 15 is 0 Å². The van der Waals surface area contributed by atoms with Crippen molar-refractivity contribution in [3.05, 3.63) is 47.5 Å². The quantitative estimate of drug-likeness (QED) is 0.653. The monoisotopic (exact) mass is 443 g/mol. The summed E-state index contributed by atoms with van der Waals surface area (Å²) in [5, 5.41) is 3.15. The highest BCUT2D eigenvalue weighted by Crippen LogP contribution is 2.31. The second-order valence-corrected chi connectivity index (χ2v) is 10.5. The van der Waals surface area contributed by atoms with Crippen molar-refractivity contribution in [1.29, 1.82) is 0 Å². The van der Waals surface area contributed by atoms with Gasteiger partial charge in [-0.3, -0.25) is 9.59 Å². The molecule has 0 radical (unpaired) electrons. The third-order valence-corrected chi connectivity index (χ3v) is 7.72. The predicted molar refractivity (Wildman–Crippen MR) is 118 cm³/mol. The van der Waals surface area contributed by atoms with E-state index in [1.165, 1.54) is 24.3 Å². The molecule has 30 heavy (non-hydrogen) atoms. The zero-order valence-corrected chi connectivity index (χ0v) is 18.3. The van der Waals surface area contributed by atoms with Gasteiger partial charge in [0.15, 0.2) is 15.0 Å². The van der Waals surface area contributed by atoms with E-state index in [9.17, 15) is 18.0 Å². The van der Waals surface area contributed by atoms with Crippen LogP contribution in [-0.4, -0.2) is 37.5 Å². The summed E-state index contributed by atoms with van der Waals surface area (Å²) in [6, 6.07) is 10.6. The van der Waals surface area contributed by atoms with Crippen LogP contribution in [0.2, 0.25) is 0 Å². The average Bonchev–Trinajstić information content (AvgIpc) is 3.29. The van der Waals surface area contributed by atoms with Gasteiger partial charge >= 0.3 is 0 Å². The Bertz CT molecular complexity index is 1260. The number of aryl methyl sites for hydroxylation is 1. The van der Waals surface area contributed by atoms with Crippen LogP contribution in [0.3, 0.4) is 0 Å². The number of fused-ring (bicyclic) bond motifs is 2. The van der Waals surface area contributed by atoms with Crippen LogP contribution >= 0.6 is 11.3 Å². The van der Waals surface area contributed by atoms with Crippen LogP contribution in [0.25, 0.3) is 10.2 Å². The summed E-state index contributed by atoms with van der Waals surface area (Å²) >= 11 is 1.36. The molecular formula is C21H21N3O4S2. The summed E-state index contributed by atoms with van der Waals surface area (Å²) in [4.78, 5) is 30.1. The number of rotatable bonds is 5. The standard InChI is InChI=1S/C21H21N3O4S2/c1-13-3-5-17-19(11-13)29-21(22-17)23-20(26)8-10-30(27,28)16-4-6-18-15(12-16)7-9-24(18)14(2)25/h3-6,11-12H,7-10H2,1-2H3,(H,22,23,26). The molecule has 156 valence electrons. The Labute approximate surface area is 178 Å². The highest BCUT2D eigenvalue weighted by atomic mass is 32.2. The fourth-order valence-corrected chi connectivity index (χ4v) is 5.78. The average molecular weight is 444 g/mol. The number of hydrogen-bond acceptors (Lipinski definition) is 6. The number of sulfone groups is 1. The van der Waals surface area contributed by atoms with Crippen LogP contribution in [0, 0.1) is 6.92 Å². The molecule has 0 saturated carbocycles. The molecule has 0 spiro atoms. The molecule has 2 amide bonds. The molecule has 9 heteroatoms. The zero-order chi connectivity index (χ0) is 21.5. The normalized spacial score (nSPS) is 13.5. The maximum absolute atomic E-state index is 12.7. The minimum Gasteiger partial charge on any atom is -0.312 e. The number of thiazole rings is 1. The molecule has 0 aliphatic carbocycles. The van der Waals surface area contributed by atoms with Gasteiger partial charge < -0.3 is 10.2 Å². The molecule has 0 fully saturated rings. The van der Waals surface area contributed by atoms with E-state index in [-0.39, 0.29) is 23.0 Å². The number of nitrogens with zero attached hydrogens (tertiary/aromatic N) is 2. The Kier molecular flexibility index (Phi) is 5.33. The van der Waals surface area contributed by atoms with E-state index in [0.717, 1.165) is 27.0 Å². The molecule has 1 aliphatic rings. The van der Waals surface area contributed by atoms with E-state index in [0.29, 0.717) is 18.1 Å². The molecule has 0 unspecified atom stereocenters. The largest absolute Gasteiger partial charge is 0.312 e. The number of hydrogen-bond donors (Lipinski definition) is 1. The second kappa shape index (κ2) is 7.81. The summed E-state index contributed by atoms with van der Waals surface area (Å²) in [5.74, 6) is -0.748. The van der Waals surface area contributed by atoms with Gasteiger partial charge in [0.2, 0.25) is 11.8 Å². The number of benzene rings is 2. The molecule has 3 aromatic rings. The van der Waals surface area contributed by atoms with Crippen molar-refractivity contribution in [3.8, 4) is 0 Å². The van der Waals surface area contributed by atoms with Crippen LogP contribution in [-0.2, 0) is 25.8 Å². The van der Waals surface area contributed by atoms with Crippen LogP contribution in [0.1, 0.15) is 24.5 Å². The van der Waals surface area contributed by atoms with Gasteiger partial charge in [0.05, 0.1) is 20.9 Å². The van der Waals surface area contributed by atoms with Crippen molar-refractivity contribution in [2.24, 2.45) is 0 Å². The number of nitrogens with one attached hydrogen (secondary N) is 1. The lowest BCUT2D eigenvalue weighted by Crippen LogP contribution is -2.25. The molecular weight excluding hydrogens is 422 g/mol. The van der Waals surface area contributed by atoms with Crippen molar-refractivity contribution in [3.63, 3.8) is 0 Å². The number of carbonyl (C=O) groups is 2. The third kappa shape index (κ3) is 4.08. The highest BCUT2D eigenvalue weighted by molar-refractivity contribution is 7.91. The fraction of sp³-hybridized carbons (Fsp3) is 0.286. The van der Waals surface area contributed by atoms with Crippen LogP contribution in [0.4, 0.5) is 10.8 Å². The Balaban J connectivity index is 1.42. The third-order valence-electron chi connectivity index (χ3n) is 5.07. The van der Waals surface area contributed by atoms with E-state index in [1.807, 2.05) is 25.1 Å². The van der Waals surface area contributed by atoms with Crippen molar-refractivity contribution in [2.75, 3.05) is 22.5 Å². The molecule has 1 N–H and O–H groups in total. The summed E-state index contributed by atoms with van der Waals surface area (Å²) in [6.45, 7) is 4.03. The van der Waals surface area contributed by atoms with Crippen molar-refractivity contribution in [1.82, 2.24) is 4.98 Å². The van der Waals surface area contributed by atoms with Gasteiger partial charge in [0.1, 0.15) is 0 Å². The lowest BCUT2D eigenvalue weighted by atomic mass is 10.2. The van der Waals surface area contributed by atoms with Gasteiger partial charge in [-0.15, -0.1) is 0 Å². The summed E-state index contributed by atoms with van der Waals surface area (Å²) in [5.41, 5.74) is 3.49. The SMILES string of the molecule is CC(=O)N1CCc2cc(S(=O)(=O)CCC(=O)Nc3nc4ccc(C)cc4s3)ccc21. The number of aromatic nitrogens is 1. The topological polar surface area (TPSA) is 96.4 Å². The first-order chi connectivity index (χ1) is 14.2. The van der Waals surface area contributed by atoms with Gasteiger partial charge in [0, 0.05) is 25.6 Å². The molecule has 0 atom stereocenters. The summed E-state index contributed by atoms with van der Waals surface area (Å²) < 4.78 is 26.4. The van der Waals surface area contributed by atoms with E-state index < -0.39 is 15.7 Å². The van der Waals surface area contributed by atoms with Gasteiger partial charge in [0.25, 0.3) is 0 Å². The van der Waals surface area contributed by atoms with Crippen LogP contribution in [0.5, 0.6) is 0 Å². The van der Waals surface area contributed by atoms with Gasteiger partial charge in [-0.25, -0.2) is 13.4 Å².